The first-order chi connectivity index (χ1) is 7.16. The van der Waals surface area contributed by atoms with Gasteiger partial charge in [0.15, 0.2) is 6.33 Å². The quantitative estimate of drug-likeness (QED) is 0.733. The molecular weight excluding hydrogens is 191 g/mol. The van der Waals surface area contributed by atoms with Crippen LogP contribution in [-0.2, 0) is 0 Å². The molecule has 0 bridgehead atoms. The van der Waals surface area contributed by atoms with Crippen molar-refractivity contribution in [2.24, 2.45) is 0 Å². The van der Waals surface area contributed by atoms with Crippen molar-refractivity contribution in [1.82, 2.24) is 9.55 Å². The number of benzene rings is 1. The largest absolute Gasteiger partial charge is 0.325 e. The Morgan fingerprint density at radius 3 is 2.47 bits per heavy atom. The summed E-state index contributed by atoms with van der Waals surface area (Å²) in [4.78, 5) is 4.15. The van der Waals surface area contributed by atoms with Crippen LogP contribution in [0.2, 0.25) is 0 Å². The predicted molar refractivity (Wildman–Crippen MR) is 56.8 cm³/mol. The second-order valence-electron chi connectivity index (χ2n) is 3.73. The normalized spacial score (nSPS) is 10.9. The van der Waals surface area contributed by atoms with Crippen LogP contribution in [0.4, 0.5) is 4.39 Å². The summed E-state index contributed by atoms with van der Waals surface area (Å²) in [6.07, 6.45) is 4.81. The molecule has 2 aromatic rings. The molecular formula is C12H12FN2. The molecule has 1 aromatic carbocycles. The van der Waals surface area contributed by atoms with Gasteiger partial charge in [-0.05, 0) is 38.1 Å². The van der Waals surface area contributed by atoms with Gasteiger partial charge in [-0.15, -0.1) is 0 Å². The zero-order valence-electron chi connectivity index (χ0n) is 8.74. The lowest BCUT2D eigenvalue weighted by molar-refractivity contribution is 0.595. The minimum Gasteiger partial charge on any atom is -0.325 e. The zero-order chi connectivity index (χ0) is 10.8. The molecule has 0 amide bonds. The maximum Gasteiger partial charge on any atom is 0.177 e. The number of imidazole rings is 1. The van der Waals surface area contributed by atoms with Gasteiger partial charge in [0.1, 0.15) is 5.82 Å². The Bertz CT molecular complexity index is 443. The van der Waals surface area contributed by atoms with E-state index in [1.807, 2.05) is 10.8 Å². The molecule has 0 aliphatic rings. The fourth-order valence-electron chi connectivity index (χ4n) is 1.33. The van der Waals surface area contributed by atoms with Crippen LogP contribution in [0.25, 0.3) is 11.3 Å². The van der Waals surface area contributed by atoms with Gasteiger partial charge in [0.05, 0.1) is 5.69 Å². The smallest absolute Gasteiger partial charge is 0.177 e. The average molecular weight is 203 g/mol. The third-order valence-electron chi connectivity index (χ3n) is 2.24. The molecule has 0 unspecified atom stereocenters. The van der Waals surface area contributed by atoms with E-state index in [1.165, 1.54) is 12.1 Å². The minimum absolute atomic E-state index is 0.231. The van der Waals surface area contributed by atoms with E-state index in [9.17, 15) is 4.39 Å². The molecule has 0 aliphatic carbocycles. The summed E-state index contributed by atoms with van der Waals surface area (Å²) in [5.41, 5.74) is 1.73. The van der Waals surface area contributed by atoms with Gasteiger partial charge in [-0.2, -0.15) is 0 Å². The van der Waals surface area contributed by atoms with Crippen molar-refractivity contribution < 1.29 is 4.39 Å². The van der Waals surface area contributed by atoms with E-state index in [2.05, 4.69) is 25.2 Å². The van der Waals surface area contributed by atoms with Crippen molar-refractivity contribution in [3.63, 3.8) is 0 Å². The van der Waals surface area contributed by atoms with Gasteiger partial charge in [0, 0.05) is 17.8 Å². The summed E-state index contributed by atoms with van der Waals surface area (Å²) in [7, 11) is 0. The highest BCUT2D eigenvalue weighted by Gasteiger charge is 2.04. The van der Waals surface area contributed by atoms with Crippen molar-refractivity contribution >= 4 is 0 Å². The Hall–Kier alpha value is -1.64. The number of nitrogens with zero attached hydrogens (tertiary/aromatic N) is 2. The van der Waals surface area contributed by atoms with Gasteiger partial charge in [-0.1, -0.05) is 0 Å². The average Bonchev–Trinajstić information content (AvgIpc) is 2.68. The molecule has 3 heteroatoms. The van der Waals surface area contributed by atoms with Crippen molar-refractivity contribution in [2.75, 3.05) is 0 Å². The van der Waals surface area contributed by atoms with Crippen molar-refractivity contribution in [2.45, 2.75) is 19.9 Å². The molecule has 2 nitrogen and oxygen atoms in total. The van der Waals surface area contributed by atoms with Gasteiger partial charge in [-0.3, -0.25) is 0 Å². The van der Waals surface area contributed by atoms with Crippen LogP contribution < -0.4 is 0 Å². The summed E-state index contributed by atoms with van der Waals surface area (Å²) in [5.74, 6) is -0.231. The second-order valence-corrected chi connectivity index (χ2v) is 3.73. The Labute approximate surface area is 88.4 Å². The van der Waals surface area contributed by atoms with Gasteiger partial charge in [-0.25, -0.2) is 9.37 Å². The van der Waals surface area contributed by atoms with Crippen LogP contribution in [0.5, 0.6) is 0 Å². The molecule has 77 valence electrons. The molecule has 0 saturated heterocycles. The lowest BCUT2D eigenvalue weighted by Crippen LogP contribution is -1.96. The first-order valence-electron chi connectivity index (χ1n) is 4.89. The summed E-state index contributed by atoms with van der Waals surface area (Å²) in [6.45, 7) is 4.12. The Morgan fingerprint density at radius 1 is 1.27 bits per heavy atom. The van der Waals surface area contributed by atoms with Crippen LogP contribution in [0.15, 0.2) is 30.5 Å². The highest BCUT2D eigenvalue weighted by molar-refractivity contribution is 5.57. The van der Waals surface area contributed by atoms with Crippen LogP contribution >= 0.6 is 0 Å². The van der Waals surface area contributed by atoms with Crippen molar-refractivity contribution in [3.8, 4) is 11.3 Å². The minimum atomic E-state index is -0.231. The van der Waals surface area contributed by atoms with E-state index in [4.69, 9.17) is 0 Å². The number of aromatic nitrogens is 2. The number of hydrogen-bond acceptors (Lipinski definition) is 1. The Morgan fingerprint density at radius 2 is 1.93 bits per heavy atom. The molecule has 0 aliphatic heterocycles. The van der Waals surface area contributed by atoms with Gasteiger partial charge >= 0.3 is 0 Å². The molecule has 0 N–H and O–H groups in total. The second kappa shape index (κ2) is 3.85. The highest BCUT2D eigenvalue weighted by atomic mass is 19.1. The van der Waals surface area contributed by atoms with Gasteiger partial charge < -0.3 is 4.57 Å². The zero-order valence-corrected chi connectivity index (χ0v) is 8.74. The number of rotatable bonds is 2. The summed E-state index contributed by atoms with van der Waals surface area (Å²) in [5, 5.41) is 0. The van der Waals surface area contributed by atoms with E-state index < -0.39 is 0 Å². The Balaban J connectivity index is 2.33. The maximum atomic E-state index is 12.7. The van der Waals surface area contributed by atoms with Crippen molar-refractivity contribution in [3.05, 3.63) is 42.6 Å². The fourth-order valence-corrected chi connectivity index (χ4v) is 1.33. The summed E-state index contributed by atoms with van der Waals surface area (Å²) in [6, 6.07) is 6.64. The molecule has 0 saturated carbocycles. The van der Waals surface area contributed by atoms with Crippen LogP contribution in [0, 0.1) is 12.1 Å². The molecule has 15 heavy (non-hydrogen) atoms. The van der Waals surface area contributed by atoms with Gasteiger partial charge in [0.2, 0.25) is 0 Å². The number of hydrogen-bond donors (Lipinski definition) is 0. The van der Waals surface area contributed by atoms with Crippen LogP contribution in [0.1, 0.15) is 19.9 Å². The predicted octanol–water partition coefficient (Wildman–Crippen LogP) is 3.07. The van der Waals surface area contributed by atoms with Crippen LogP contribution in [0.3, 0.4) is 0 Å². The molecule has 0 fully saturated rings. The standard InChI is InChI=1S/C12H12FN2/c1-9(2)15-7-12(14-8-15)10-3-5-11(13)6-4-10/h3-7,9H,1-2H3. The molecule has 0 atom stereocenters. The van der Waals surface area contributed by atoms with Crippen molar-refractivity contribution in [1.29, 1.82) is 0 Å². The first-order valence-corrected chi connectivity index (χ1v) is 4.89. The van der Waals surface area contributed by atoms with Gasteiger partial charge in [0.25, 0.3) is 0 Å². The maximum absolute atomic E-state index is 12.7. The molecule has 1 aromatic heterocycles. The SMILES string of the molecule is CC(C)n1[c]nc(-c2ccc(F)cc2)c1. The molecule has 1 radical (unpaired) electrons. The van der Waals surface area contributed by atoms with E-state index in [-0.39, 0.29) is 5.82 Å². The topological polar surface area (TPSA) is 17.8 Å². The lowest BCUT2D eigenvalue weighted by atomic mass is 10.2. The molecule has 0 spiro atoms. The third-order valence-corrected chi connectivity index (χ3v) is 2.24. The molecule has 1 heterocycles. The lowest BCUT2D eigenvalue weighted by Gasteiger charge is -2.03. The number of halogens is 1. The Kier molecular flexibility index (Phi) is 2.54. The van der Waals surface area contributed by atoms with Crippen LogP contribution in [-0.4, -0.2) is 9.55 Å². The summed E-state index contributed by atoms with van der Waals surface area (Å²) < 4.78 is 14.6. The van der Waals surface area contributed by atoms with E-state index in [1.54, 1.807) is 12.1 Å². The summed E-state index contributed by atoms with van der Waals surface area (Å²) >= 11 is 0. The van der Waals surface area contributed by atoms with E-state index in [0.717, 1.165) is 11.3 Å². The highest BCUT2D eigenvalue weighted by Crippen LogP contribution is 2.18. The third kappa shape index (κ3) is 2.06. The first kappa shape index (κ1) is 9.90. The molecule has 2 rings (SSSR count). The van der Waals surface area contributed by atoms with E-state index in [0.29, 0.717) is 6.04 Å². The van der Waals surface area contributed by atoms with E-state index >= 15 is 0 Å². The monoisotopic (exact) mass is 203 g/mol. The fraction of sp³-hybridized carbons (Fsp3) is 0.250.